The fourth-order valence-corrected chi connectivity index (χ4v) is 4.32. The van der Waals surface area contributed by atoms with E-state index >= 15 is 0 Å². The van der Waals surface area contributed by atoms with Crippen molar-refractivity contribution in [2.45, 2.75) is 57.0 Å². The van der Waals surface area contributed by atoms with E-state index in [1.165, 1.54) is 45.2 Å². The first kappa shape index (κ1) is 21.3. The number of rotatable bonds is 6. The first-order valence-electron chi connectivity index (χ1n) is 9.53. The van der Waals surface area contributed by atoms with Gasteiger partial charge in [0.25, 0.3) is 0 Å². The van der Waals surface area contributed by atoms with Crippen LogP contribution >= 0.6 is 24.0 Å². The number of hydrogen-bond donors (Lipinski definition) is 0. The van der Waals surface area contributed by atoms with Crippen molar-refractivity contribution in [1.29, 1.82) is 0 Å². The van der Waals surface area contributed by atoms with Gasteiger partial charge in [0.2, 0.25) is 5.91 Å². The Morgan fingerprint density at radius 2 is 1.81 bits per heavy atom. The minimum Gasteiger partial charge on any atom is -0.493 e. The second kappa shape index (κ2) is 10.4. The summed E-state index contributed by atoms with van der Waals surface area (Å²) in [5.41, 5.74) is 0. The molecule has 0 bridgehead atoms. The van der Waals surface area contributed by atoms with E-state index in [-0.39, 0.29) is 18.3 Å². The van der Waals surface area contributed by atoms with Crippen molar-refractivity contribution in [3.63, 3.8) is 0 Å². The molecular formula is C20H30Cl2N2O2. The summed E-state index contributed by atoms with van der Waals surface area (Å²) in [6, 6.07) is 8.17. The van der Waals surface area contributed by atoms with Crippen molar-refractivity contribution in [3.05, 3.63) is 29.3 Å². The summed E-state index contributed by atoms with van der Waals surface area (Å²) in [5.74, 6) is 0.942. The van der Waals surface area contributed by atoms with Crippen LogP contribution in [-0.4, -0.2) is 54.5 Å². The van der Waals surface area contributed by atoms with E-state index in [1.54, 1.807) is 12.1 Å². The molecule has 1 aliphatic heterocycles. The SMILES string of the molecule is CN(C(=O)CCOc1ccc(Cl)cc1)C1CCCCC1N1CCCC1.Cl. The Morgan fingerprint density at radius 3 is 2.50 bits per heavy atom. The number of carbonyl (C=O) groups is 1. The van der Waals surface area contributed by atoms with Gasteiger partial charge in [-0.15, -0.1) is 12.4 Å². The Balaban J connectivity index is 0.00000243. The third kappa shape index (κ3) is 5.51. The second-order valence-electron chi connectivity index (χ2n) is 7.22. The van der Waals surface area contributed by atoms with E-state index in [4.69, 9.17) is 16.3 Å². The number of likely N-dealkylation sites (N-methyl/N-ethyl adjacent to an activating group) is 1. The third-order valence-electron chi connectivity index (χ3n) is 5.59. The van der Waals surface area contributed by atoms with Gasteiger partial charge in [-0.05, 0) is 63.0 Å². The summed E-state index contributed by atoms with van der Waals surface area (Å²) in [6.07, 6.45) is 7.90. The molecule has 1 amide bonds. The van der Waals surface area contributed by atoms with E-state index in [2.05, 4.69) is 4.90 Å². The minimum atomic E-state index is 0. The highest BCUT2D eigenvalue weighted by Gasteiger charge is 2.35. The second-order valence-corrected chi connectivity index (χ2v) is 7.66. The molecule has 1 saturated carbocycles. The highest BCUT2D eigenvalue weighted by atomic mass is 35.5. The van der Waals surface area contributed by atoms with Crippen molar-refractivity contribution in [1.82, 2.24) is 9.80 Å². The molecule has 146 valence electrons. The Bertz CT molecular complexity index is 561. The Kier molecular flexibility index (Phi) is 8.52. The summed E-state index contributed by atoms with van der Waals surface area (Å²) in [5, 5.41) is 0.688. The average molecular weight is 401 g/mol. The number of halogens is 2. The summed E-state index contributed by atoms with van der Waals surface area (Å²) < 4.78 is 5.68. The summed E-state index contributed by atoms with van der Waals surface area (Å²) in [4.78, 5) is 17.3. The van der Waals surface area contributed by atoms with Gasteiger partial charge in [-0.3, -0.25) is 9.69 Å². The first-order valence-corrected chi connectivity index (χ1v) is 9.91. The maximum Gasteiger partial charge on any atom is 0.226 e. The lowest BCUT2D eigenvalue weighted by Crippen LogP contribution is -2.53. The molecule has 2 aliphatic rings. The monoisotopic (exact) mass is 400 g/mol. The molecule has 1 heterocycles. The lowest BCUT2D eigenvalue weighted by atomic mass is 9.88. The van der Waals surface area contributed by atoms with Gasteiger partial charge >= 0.3 is 0 Å². The predicted molar refractivity (Wildman–Crippen MR) is 108 cm³/mol. The van der Waals surface area contributed by atoms with Crippen LogP contribution in [0.3, 0.4) is 0 Å². The fourth-order valence-electron chi connectivity index (χ4n) is 4.19. The van der Waals surface area contributed by atoms with Crippen LogP contribution in [0.15, 0.2) is 24.3 Å². The maximum absolute atomic E-state index is 12.7. The van der Waals surface area contributed by atoms with E-state index in [0.717, 1.165) is 12.2 Å². The predicted octanol–water partition coefficient (Wildman–Crippen LogP) is 4.40. The summed E-state index contributed by atoms with van der Waals surface area (Å²) >= 11 is 5.87. The average Bonchev–Trinajstić information content (AvgIpc) is 3.17. The van der Waals surface area contributed by atoms with Crippen LogP contribution in [-0.2, 0) is 4.79 Å². The number of likely N-dealkylation sites (tertiary alicyclic amines) is 1. The zero-order valence-corrected chi connectivity index (χ0v) is 17.1. The maximum atomic E-state index is 12.7. The lowest BCUT2D eigenvalue weighted by molar-refractivity contribution is -0.134. The van der Waals surface area contributed by atoms with Gasteiger partial charge < -0.3 is 9.64 Å². The van der Waals surface area contributed by atoms with Gasteiger partial charge in [0, 0.05) is 24.2 Å². The Labute approximate surface area is 168 Å². The molecule has 2 atom stereocenters. The zero-order valence-electron chi connectivity index (χ0n) is 15.5. The van der Waals surface area contributed by atoms with Gasteiger partial charge in [0.1, 0.15) is 5.75 Å². The van der Waals surface area contributed by atoms with Crippen LogP contribution in [0, 0.1) is 0 Å². The quantitative estimate of drug-likeness (QED) is 0.709. The Morgan fingerprint density at radius 1 is 1.15 bits per heavy atom. The van der Waals surface area contributed by atoms with Crippen molar-refractivity contribution >= 4 is 29.9 Å². The van der Waals surface area contributed by atoms with Crippen LogP contribution in [0.1, 0.15) is 44.9 Å². The summed E-state index contributed by atoms with van der Waals surface area (Å²) in [6.45, 7) is 2.80. The normalized spacial score (nSPS) is 23.3. The fraction of sp³-hybridized carbons (Fsp3) is 0.650. The zero-order chi connectivity index (χ0) is 17.6. The molecular weight excluding hydrogens is 371 g/mol. The van der Waals surface area contributed by atoms with Crippen molar-refractivity contribution in [2.24, 2.45) is 0 Å². The molecule has 1 aromatic carbocycles. The smallest absolute Gasteiger partial charge is 0.226 e. The largest absolute Gasteiger partial charge is 0.493 e. The van der Waals surface area contributed by atoms with Gasteiger partial charge in [-0.25, -0.2) is 0 Å². The number of carbonyl (C=O) groups excluding carboxylic acids is 1. The number of benzene rings is 1. The van der Waals surface area contributed by atoms with E-state index in [1.807, 2.05) is 24.1 Å². The first-order chi connectivity index (χ1) is 12.1. The molecule has 0 spiro atoms. The van der Waals surface area contributed by atoms with Crippen LogP contribution in [0.25, 0.3) is 0 Å². The van der Waals surface area contributed by atoms with Crippen molar-refractivity contribution < 1.29 is 9.53 Å². The minimum absolute atomic E-state index is 0. The van der Waals surface area contributed by atoms with Crippen LogP contribution < -0.4 is 4.74 Å². The van der Waals surface area contributed by atoms with Crippen LogP contribution in [0.4, 0.5) is 0 Å². The van der Waals surface area contributed by atoms with Crippen molar-refractivity contribution in [2.75, 3.05) is 26.7 Å². The number of ether oxygens (including phenoxy) is 1. The highest BCUT2D eigenvalue weighted by Crippen LogP contribution is 2.29. The molecule has 26 heavy (non-hydrogen) atoms. The number of hydrogen-bond acceptors (Lipinski definition) is 3. The molecule has 4 nitrogen and oxygen atoms in total. The van der Waals surface area contributed by atoms with E-state index in [0.29, 0.717) is 30.1 Å². The van der Waals surface area contributed by atoms with E-state index < -0.39 is 0 Å². The molecule has 1 saturated heterocycles. The summed E-state index contributed by atoms with van der Waals surface area (Å²) in [7, 11) is 1.98. The molecule has 0 aromatic heterocycles. The van der Waals surface area contributed by atoms with Crippen LogP contribution in [0.5, 0.6) is 5.75 Å². The van der Waals surface area contributed by atoms with Gasteiger partial charge in [0.05, 0.1) is 13.0 Å². The molecule has 1 aromatic rings. The highest BCUT2D eigenvalue weighted by molar-refractivity contribution is 6.30. The molecule has 6 heteroatoms. The van der Waals surface area contributed by atoms with E-state index in [9.17, 15) is 4.79 Å². The topological polar surface area (TPSA) is 32.8 Å². The Hall–Kier alpha value is -0.970. The number of nitrogens with zero attached hydrogens (tertiary/aromatic N) is 2. The lowest BCUT2D eigenvalue weighted by Gasteiger charge is -2.42. The van der Waals surface area contributed by atoms with Gasteiger partial charge in [-0.2, -0.15) is 0 Å². The van der Waals surface area contributed by atoms with Gasteiger partial charge in [-0.1, -0.05) is 24.4 Å². The molecule has 1 aliphatic carbocycles. The number of amides is 1. The molecule has 2 fully saturated rings. The molecule has 3 rings (SSSR count). The molecule has 2 unspecified atom stereocenters. The molecule has 0 radical (unpaired) electrons. The van der Waals surface area contributed by atoms with Crippen molar-refractivity contribution in [3.8, 4) is 5.75 Å². The third-order valence-corrected chi connectivity index (χ3v) is 5.84. The van der Waals surface area contributed by atoms with Crippen LogP contribution in [0.2, 0.25) is 5.02 Å². The van der Waals surface area contributed by atoms with Gasteiger partial charge in [0.15, 0.2) is 0 Å². The molecule has 0 N–H and O–H groups in total. The standard InChI is InChI=1S/C20H29ClN2O2.ClH/c1-22(18-6-2-3-7-19(18)23-13-4-5-14-23)20(24)12-15-25-17-10-8-16(21)9-11-17;/h8-11,18-19H,2-7,12-15H2,1H3;1H.